The fourth-order valence-electron chi connectivity index (χ4n) is 8.10. The fourth-order valence-corrected chi connectivity index (χ4v) is 8.10. The molecule has 1 unspecified atom stereocenters. The van der Waals surface area contributed by atoms with Gasteiger partial charge in [-0.2, -0.15) is 0 Å². The van der Waals surface area contributed by atoms with E-state index in [9.17, 15) is 5.11 Å². The molecule has 2 heteroatoms. The Kier molecular flexibility index (Phi) is 48.9. The van der Waals surface area contributed by atoms with Crippen LogP contribution >= 0.6 is 0 Å². The van der Waals surface area contributed by atoms with Crippen molar-refractivity contribution >= 4 is 0 Å². The summed E-state index contributed by atoms with van der Waals surface area (Å²) in [5.74, 6) is 0. The van der Waals surface area contributed by atoms with Gasteiger partial charge in [-0.25, -0.2) is 0 Å². The number of unbranched alkanes of at least 4 members (excludes halogenated alkanes) is 40. The average molecular weight is 735 g/mol. The van der Waals surface area contributed by atoms with Crippen molar-refractivity contribution in [3.63, 3.8) is 0 Å². The maximum absolute atomic E-state index is 10.3. The Morgan fingerprint density at radius 1 is 0.250 bits per heavy atom. The van der Waals surface area contributed by atoms with Crippen molar-refractivity contribution in [2.75, 3.05) is 13.2 Å². The molecular formula is C50H102O2. The van der Waals surface area contributed by atoms with Crippen molar-refractivity contribution < 1.29 is 9.84 Å². The Labute approximate surface area is 331 Å². The molecule has 2 nitrogen and oxygen atoms in total. The minimum absolute atomic E-state index is 0.0402. The first-order valence-corrected chi connectivity index (χ1v) is 25.1. The number of hydrogen-bond donors (Lipinski definition) is 1. The Hall–Kier alpha value is -0.0800. The van der Waals surface area contributed by atoms with Gasteiger partial charge >= 0.3 is 0 Å². The van der Waals surface area contributed by atoms with Crippen molar-refractivity contribution in [2.24, 2.45) is 0 Å². The molecule has 0 heterocycles. The average Bonchev–Trinajstić information content (AvgIpc) is 3.15. The topological polar surface area (TPSA) is 29.5 Å². The van der Waals surface area contributed by atoms with Crippen molar-refractivity contribution in [1.82, 2.24) is 0 Å². The van der Waals surface area contributed by atoms with Gasteiger partial charge in [-0.05, 0) is 25.7 Å². The highest BCUT2D eigenvalue weighted by atomic mass is 16.5. The highest BCUT2D eigenvalue weighted by Crippen LogP contribution is 2.18. The first-order chi connectivity index (χ1) is 25.8. The van der Waals surface area contributed by atoms with E-state index < -0.39 is 0 Å². The van der Waals surface area contributed by atoms with Crippen LogP contribution in [0.1, 0.15) is 303 Å². The van der Waals surface area contributed by atoms with Crippen LogP contribution in [0.15, 0.2) is 0 Å². The van der Waals surface area contributed by atoms with Crippen molar-refractivity contribution in [1.29, 1.82) is 0 Å². The van der Waals surface area contributed by atoms with Gasteiger partial charge in [-0.3, -0.25) is 0 Å². The number of rotatable bonds is 48. The second-order valence-corrected chi connectivity index (χ2v) is 17.3. The van der Waals surface area contributed by atoms with Crippen LogP contribution in [0.2, 0.25) is 0 Å². The molecule has 0 aromatic rings. The molecule has 1 atom stereocenters. The Morgan fingerprint density at radius 3 is 0.635 bits per heavy atom. The van der Waals surface area contributed by atoms with Crippen molar-refractivity contribution in [3.05, 3.63) is 0 Å². The van der Waals surface area contributed by atoms with Gasteiger partial charge in [0.15, 0.2) is 0 Å². The van der Waals surface area contributed by atoms with Crippen molar-refractivity contribution in [2.45, 2.75) is 309 Å². The third kappa shape index (κ3) is 47.9. The molecule has 0 aromatic carbocycles. The Morgan fingerprint density at radius 2 is 0.423 bits per heavy atom. The molecule has 0 spiro atoms. The summed E-state index contributed by atoms with van der Waals surface area (Å²) in [6.45, 7) is 6.58. The summed E-state index contributed by atoms with van der Waals surface area (Å²) >= 11 is 0. The lowest BCUT2D eigenvalue weighted by atomic mass is 10.0. The maximum Gasteiger partial charge on any atom is 0.0540 e. The van der Waals surface area contributed by atoms with Crippen LogP contribution in [-0.4, -0.2) is 24.4 Å². The van der Waals surface area contributed by atoms with E-state index in [4.69, 9.17) is 4.74 Å². The van der Waals surface area contributed by atoms with Crippen LogP contribution in [-0.2, 0) is 4.74 Å². The molecule has 314 valence electrons. The smallest absolute Gasteiger partial charge is 0.0540 e. The van der Waals surface area contributed by atoms with Crippen LogP contribution in [0.25, 0.3) is 0 Å². The fraction of sp³-hybridized carbons (Fsp3) is 1.00. The van der Waals surface area contributed by atoms with Crippen LogP contribution in [0.4, 0.5) is 0 Å². The molecule has 1 N–H and O–H groups in total. The summed E-state index contributed by atoms with van der Waals surface area (Å²) < 4.78 is 5.90. The normalized spacial score (nSPS) is 12.3. The molecule has 0 radical (unpaired) electrons. The third-order valence-electron chi connectivity index (χ3n) is 11.9. The van der Waals surface area contributed by atoms with E-state index in [1.54, 1.807) is 0 Å². The maximum atomic E-state index is 10.3. The molecule has 0 aliphatic heterocycles. The largest absolute Gasteiger partial charge is 0.393 e. The molecule has 52 heavy (non-hydrogen) atoms. The highest BCUT2D eigenvalue weighted by molar-refractivity contribution is 4.58. The van der Waals surface area contributed by atoms with Gasteiger partial charge in [-0.15, -0.1) is 0 Å². The van der Waals surface area contributed by atoms with Crippen LogP contribution < -0.4 is 0 Å². The summed E-state index contributed by atoms with van der Waals surface area (Å²) in [5.41, 5.74) is 0. The molecule has 0 bridgehead atoms. The van der Waals surface area contributed by atoms with E-state index >= 15 is 0 Å². The lowest BCUT2D eigenvalue weighted by molar-refractivity contribution is 0.125. The van der Waals surface area contributed by atoms with E-state index in [1.807, 2.05) is 0 Å². The van der Waals surface area contributed by atoms with Gasteiger partial charge in [0, 0.05) is 13.2 Å². The second-order valence-electron chi connectivity index (χ2n) is 17.3. The number of hydrogen-bond acceptors (Lipinski definition) is 2. The third-order valence-corrected chi connectivity index (χ3v) is 11.9. The molecular weight excluding hydrogens is 633 g/mol. The Balaban J connectivity index is 3.11. The van der Waals surface area contributed by atoms with E-state index in [0.29, 0.717) is 0 Å². The van der Waals surface area contributed by atoms with Crippen molar-refractivity contribution in [3.8, 4) is 0 Å². The quantitative estimate of drug-likeness (QED) is 0.0631. The lowest BCUT2D eigenvalue weighted by Crippen LogP contribution is -2.05. The first-order valence-electron chi connectivity index (χ1n) is 25.1. The molecule has 0 aromatic heterocycles. The molecule has 0 rings (SSSR count). The van der Waals surface area contributed by atoms with Gasteiger partial charge in [-0.1, -0.05) is 277 Å². The van der Waals surface area contributed by atoms with E-state index in [1.165, 1.54) is 276 Å². The number of aliphatic hydroxyl groups is 1. The van der Waals surface area contributed by atoms with Gasteiger partial charge in [0.1, 0.15) is 0 Å². The predicted molar refractivity (Wildman–Crippen MR) is 236 cm³/mol. The monoisotopic (exact) mass is 735 g/mol. The van der Waals surface area contributed by atoms with Crippen LogP contribution in [0, 0.1) is 0 Å². The molecule has 0 aliphatic carbocycles. The summed E-state index contributed by atoms with van der Waals surface area (Å²) in [7, 11) is 0. The molecule has 0 aliphatic rings. The predicted octanol–water partition coefficient (Wildman–Crippen LogP) is 18.0. The van der Waals surface area contributed by atoms with Crippen LogP contribution in [0.3, 0.4) is 0 Å². The summed E-state index contributed by atoms with van der Waals surface area (Å²) in [6, 6.07) is 0. The zero-order valence-corrected chi connectivity index (χ0v) is 36.7. The zero-order valence-electron chi connectivity index (χ0n) is 36.7. The molecule has 0 fully saturated rings. The molecule has 0 amide bonds. The first kappa shape index (κ1) is 51.9. The molecule has 0 saturated heterocycles. The lowest BCUT2D eigenvalue weighted by Gasteiger charge is -2.10. The zero-order chi connectivity index (χ0) is 37.5. The van der Waals surface area contributed by atoms with Gasteiger partial charge in [0.2, 0.25) is 0 Å². The minimum atomic E-state index is -0.0402. The van der Waals surface area contributed by atoms with Crippen LogP contribution in [0.5, 0.6) is 0 Å². The summed E-state index contributed by atoms with van der Waals surface area (Å²) in [5, 5.41) is 10.3. The summed E-state index contributed by atoms with van der Waals surface area (Å²) in [4.78, 5) is 0. The number of aliphatic hydroxyl groups excluding tert-OH is 1. The molecule has 0 saturated carbocycles. The number of ether oxygens (including phenoxy) is 1. The Bertz CT molecular complexity index is 591. The van der Waals surface area contributed by atoms with E-state index in [2.05, 4.69) is 13.8 Å². The van der Waals surface area contributed by atoms with Gasteiger partial charge in [0.05, 0.1) is 6.10 Å². The SMILES string of the molecule is CCCCCCCCCCCCCCCCOCCCCCCCCCCCCCCCCCCCC(O)CCCCCCCCCCCCCC. The minimum Gasteiger partial charge on any atom is -0.393 e. The highest BCUT2D eigenvalue weighted by Gasteiger charge is 2.04. The second kappa shape index (κ2) is 48.9. The van der Waals surface area contributed by atoms with E-state index in [-0.39, 0.29) is 6.10 Å². The standard InChI is InChI=1S/C50H102O2/c1-3-5-7-9-11-13-15-17-24-28-32-36-40-44-48-52-49-45-41-37-33-29-25-22-20-18-19-21-23-27-31-35-39-43-47-50(51)46-42-38-34-30-26-16-14-12-10-8-6-4-2/h50-51H,3-49H2,1-2H3. The van der Waals surface area contributed by atoms with Gasteiger partial charge in [0.25, 0.3) is 0 Å². The van der Waals surface area contributed by atoms with E-state index in [0.717, 1.165) is 26.1 Å². The van der Waals surface area contributed by atoms with Gasteiger partial charge < -0.3 is 9.84 Å². The summed E-state index contributed by atoms with van der Waals surface area (Å²) in [6.07, 6.45) is 62.5.